The molecule has 31 heavy (non-hydrogen) atoms. The number of hydrogen-bond acceptors (Lipinski definition) is 8. The van der Waals surface area contributed by atoms with Crippen LogP contribution in [0, 0.1) is 11.8 Å². The zero-order valence-electron chi connectivity index (χ0n) is 19.1. The molecule has 0 aliphatic carbocycles. The third-order valence-corrected chi connectivity index (χ3v) is 4.71. The minimum absolute atomic E-state index is 0.0482. The first-order valence-electron chi connectivity index (χ1n) is 10.4. The van der Waals surface area contributed by atoms with E-state index in [-0.39, 0.29) is 13.2 Å². The Labute approximate surface area is 183 Å². The van der Waals surface area contributed by atoms with Crippen LogP contribution in [0.1, 0.15) is 52.5 Å². The molecule has 1 aromatic rings. The van der Waals surface area contributed by atoms with Crippen molar-refractivity contribution in [3.63, 3.8) is 0 Å². The van der Waals surface area contributed by atoms with Gasteiger partial charge in [0.1, 0.15) is 23.4 Å². The predicted molar refractivity (Wildman–Crippen MR) is 113 cm³/mol. The van der Waals surface area contributed by atoms with Gasteiger partial charge in [-0.15, -0.1) is 0 Å². The molecular formula is C23H32O8. The molecule has 8 heteroatoms. The number of benzene rings is 1. The first kappa shape index (κ1) is 26.1. The number of esters is 2. The fourth-order valence-corrected chi connectivity index (χ4v) is 3.40. The molecule has 0 aliphatic rings. The van der Waals surface area contributed by atoms with Crippen molar-refractivity contribution in [1.29, 1.82) is 0 Å². The topological polar surface area (TPSA) is 105 Å². The van der Waals surface area contributed by atoms with E-state index in [1.165, 1.54) is 21.0 Å². The van der Waals surface area contributed by atoms with Crippen molar-refractivity contribution in [3.8, 4) is 11.5 Å². The van der Waals surface area contributed by atoms with E-state index in [0.717, 1.165) is 6.42 Å². The monoisotopic (exact) mass is 436 g/mol. The van der Waals surface area contributed by atoms with Gasteiger partial charge in [0, 0.05) is 5.92 Å². The lowest BCUT2D eigenvalue weighted by atomic mass is 9.73. The van der Waals surface area contributed by atoms with Gasteiger partial charge in [0.25, 0.3) is 0 Å². The number of rotatable bonds is 13. The Bertz CT molecular complexity index is 750. The van der Waals surface area contributed by atoms with Crippen molar-refractivity contribution in [3.05, 3.63) is 23.8 Å². The van der Waals surface area contributed by atoms with Gasteiger partial charge >= 0.3 is 11.9 Å². The average Bonchev–Trinajstić information content (AvgIpc) is 2.71. The maximum atomic E-state index is 12.7. The van der Waals surface area contributed by atoms with Gasteiger partial charge in [0.2, 0.25) is 0 Å². The van der Waals surface area contributed by atoms with Gasteiger partial charge in [-0.05, 0) is 51.8 Å². The van der Waals surface area contributed by atoms with Gasteiger partial charge in [0.15, 0.2) is 11.5 Å². The van der Waals surface area contributed by atoms with Crippen molar-refractivity contribution >= 4 is 23.5 Å². The van der Waals surface area contributed by atoms with Crippen LogP contribution < -0.4 is 9.47 Å². The van der Waals surface area contributed by atoms with Crippen LogP contribution in [0.15, 0.2) is 18.2 Å². The van der Waals surface area contributed by atoms with Crippen LogP contribution >= 0.6 is 0 Å². The Balaban J connectivity index is 3.68. The lowest BCUT2D eigenvalue weighted by molar-refractivity contribution is -0.157. The molecule has 172 valence electrons. The van der Waals surface area contributed by atoms with Gasteiger partial charge in [-0.2, -0.15) is 0 Å². The number of carbonyl (C=O) groups excluding carboxylic acids is 4. The zero-order valence-corrected chi connectivity index (χ0v) is 19.1. The molecular weight excluding hydrogens is 404 g/mol. The third-order valence-electron chi connectivity index (χ3n) is 4.71. The lowest BCUT2D eigenvalue weighted by Crippen LogP contribution is -2.40. The Morgan fingerprint density at radius 1 is 0.839 bits per heavy atom. The third kappa shape index (κ3) is 6.80. The van der Waals surface area contributed by atoms with Crippen LogP contribution in [0.3, 0.4) is 0 Å². The van der Waals surface area contributed by atoms with Crippen LogP contribution in [0.5, 0.6) is 11.5 Å². The fourth-order valence-electron chi connectivity index (χ4n) is 3.40. The molecule has 8 nitrogen and oxygen atoms in total. The van der Waals surface area contributed by atoms with Crippen LogP contribution in [0.25, 0.3) is 0 Å². The molecule has 0 radical (unpaired) electrons. The lowest BCUT2D eigenvalue weighted by Gasteiger charge is -2.29. The summed E-state index contributed by atoms with van der Waals surface area (Å²) >= 11 is 0. The van der Waals surface area contributed by atoms with E-state index in [9.17, 15) is 19.2 Å². The largest absolute Gasteiger partial charge is 0.493 e. The van der Waals surface area contributed by atoms with Crippen molar-refractivity contribution in [2.24, 2.45) is 11.8 Å². The summed E-state index contributed by atoms with van der Waals surface area (Å²) < 4.78 is 21.2. The summed E-state index contributed by atoms with van der Waals surface area (Å²) in [5.74, 6) is -5.70. The van der Waals surface area contributed by atoms with Gasteiger partial charge in [-0.3, -0.25) is 19.2 Å². The normalized spacial score (nSPS) is 12.6. The smallest absolute Gasteiger partial charge is 0.317 e. The molecule has 1 aromatic carbocycles. The van der Waals surface area contributed by atoms with Crippen molar-refractivity contribution in [2.45, 2.75) is 47.0 Å². The van der Waals surface area contributed by atoms with E-state index in [1.54, 1.807) is 32.0 Å². The van der Waals surface area contributed by atoms with Crippen LogP contribution in [0.4, 0.5) is 0 Å². The maximum absolute atomic E-state index is 12.7. The van der Waals surface area contributed by atoms with Crippen LogP contribution in [-0.4, -0.2) is 50.4 Å². The quantitative estimate of drug-likeness (QED) is 0.343. The first-order chi connectivity index (χ1) is 14.7. The van der Waals surface area contributed by atoms with Crippen LogP contribution in [0.2, 0.25) is 0 Å². The minimum atomic E-state index is -1.37. The minimum Gasteiger partial charge on any atom is -0.493 e. The summed E-state index contributed by atoms with van der Waals surface area (Å²) in [6.07, 6.45) is 0.790. The fraction of sp³-hybridized carbons (Fsp3) is 0.565. The summed E-state index contributed by atoms with van der Waals surface area (Å²) in [5, 5.41) is 0. The molecule has 1 rings (SSSR count). The highest BCUT2D eigenvalue weighted by Gasteiger charge is 2.45. The van der Waals surface area contributed by atoms with E-state index >= 15 is 0 Å². The summed E-state index contributed by atoms with van der Waals surface area (Å²) in [4.78, 5) is 50.5. The summed E-state index contributed by atoms with van der Waals surface area (Å²) in [5.41, 5.74) is 0.391. The van der Waals surface area contributed by atoms with E-state index in [2.05, 4.69) is 0 Å². The second kappa shape index (κ2) is 12.7. The summed E-state index contributed by atoms with van der Waals surface area (Å²) in [7, 11) is 1.45. The van der Waals surface area contributed by atoms with Crippen molar-refractivity contribution < 1.29 is 38.1 Å². The Hall–Kier alpha value is -2.90. The maximum Gasteiger partial charge on any atom is 0.317 e. The second-order valence-electron chi connectivity index (χ2n) is 6.97. The van der Waals surface area contributed by atoms with Gasteiger partial charge < -0.3 is 18.9 Å². The summed E-state index contributed by atoms with van der Waals surface area (Å²) in [6, 6.07) is 4.81. The number of ether oxygens (including phenoxy) is 4. The molecule has 0 spiro atoms. The predicted octanol–water partition coefficient (Wildman–Crippen LogP) is 3.10. The SMILES string of the molecule is CCCOc1ccc(C([C@@H](C(C)=O)C(=O)OCC)[C@@H](C(C)=O)C(=O)OCC)cc1OC. The molecule has 0 amide bonds. The van der Waals surface area contributed by atoms with Gasteiger partial charge in [-0.1, -0.05) is 13.0 Å². The number of methoxy groups -OCH3 is 1. The first-order valence-corrected chi connectivity index (χ1v) is 10.4. The van der Waals surface area contributed by atoms with E-state index < -0.39 is 41.3 Å². The Morgan fingerprint density at radius 3 is 1.74 bits per heavy atom. The highest BCUT2D eigenvalue weighted by molar-refractivity contribution is 6.04. The van der Waals surface area contributed by atoms with E-state index in [4.69, 9.17) is 18.9 Å². The molecule has 0 bridgehead atoms. The number of carbonyl (C=O) groups is 4. The highest BCUT2D eigenvalue weighted by atomic mass is 16.5. The van der Waals surface area contributed by atoms with Crippen molar-refractivity contribution in [1.82, 2.24) is 0 Å². The molecule has 0 aromatic heterocycles. The molecule has 0 saturated carbocycles. The number of ketones is 2. The molecule has 0 unspecified atom stereocenters. The number of hydrogen-bond donors (Lipinski definition) is 0. The molecule has 0 saturated heterocycles. The zero-order chi connectivity index (χ0) is 23.6. The highest BCUT2D eigenvalue weighted by Crippen LogP contribution is 2.39. The average molecular weight is 437 g/mol. The number of Topliss-reactive ketones (excluding diaryl/α,β-unsaturated/α-hetero) is 2. The molecule has 2 atom stereocenters. The van der Waals surface area contributed by atoms with Gasteiger partial charge in [-0.25, -0.2) is 0 Å². The van der Waals surface area contributed by atoms with E-state index in [0.29, 0.717) is 23.7 Å². The standard InChI is InChI=1S/C23H32O8/c1-7-12-31-17-11-10-16(13-18(17)28-6)21(19(14(4)24)22(26)29-8-2)20(15(5)25)23(27)30-9-3/h10-11,13,19-21H,7-9,12H2,1-6H3/t19-,20-/m1/s1. The second-order valence-corrected chi connectivity index (χ2v) is 6.97. The Morgan fingerprint density at radius 2 is 1.35 bits per heavy atom. The molecule has 0 N–H and O–H groups in total. The van der Waals surface area contributed by atoms with Crippen LogP contribution in [-0.2, 0) is 28.7 Å². The van der Waals surface area contributed by atoms with E-state index in [1.807, 2.05) is 6.92 Å². The summed E-state index contributed by atoms with van der Waals surface area (Å²) in [6.45, 7) is 8.21. The molecule has 0 aliphatic heterocycles. The van der Waals surface area contributed by atoms with Gasteiger partial charge in [0.05, 0.1) is 26.9 Å². The molecule has 0 heterocycles. The molecule has 0 fully saturated rings. The van der Waals surface area contributed by atoms with Crippen molar-refractivity contribution in [2.75, 3.05) is 26.9 Å². The Kier molecular flexibility index (Phi) is 10.7.